The Labute approximate surface area is 211 Å². The number of fused-ring (bicyclic) bond motifs is 1. The number of hydrogen-bond acceptors (Lipinski definition) is 8. The quantitative estimate of drug-likeness (QED) is 0.555. The Balaban J connectivity index is 1.59. The minimum atomic E-state index is -0.220. The Morgan fingerprint density at radius 1 is 0.972 bits per heavy atom. The third kappa shape index (κ3) is 5.14. The molecule has 2 saturated heterocycles. The molecule has 192 valence electrons. The Morgan fingerprint density at radius 2 is 1.69 bits per heavy atom. The summed E-state index contributed by atoms with van der Waals surface area (Å²) in [6.45, 7) is 12.9. The minimum Gasteiger partial charge on any atom is -0.377 e. The van der Waals surface area contributed by atoms with Crippen LogP contribution in [0.5, 0.6) is 0 Å². The number of morpholine rings is 2. The Kier molecular flexibility index (Phi) is 7.32. The Hall–Kier alpha value is -2.88. The van der Waals surface area contributed by atoms with Crippen LogP contribution in [0.4, 0.5) is 16.2 Å². The number of halogens is 1. The van der Waals surface area contributed by atoms with E-state index in [2.05, 4.69) is 29.0 Å². The van der Waals surface area contributed by atoms with Crippen molar-refractivity contribution >= 4 is 22.8 Å². The van der Waals surface area contributed by atoms with Crippen molar-refractivity contribution in [2.45, 2.75) is 52.4 Å². The van der Waals surface area contributed by atoms with Gasteiger partial charge in [-0.3, -0.25) is 0 Å². The third-order valence-corrected chi connectivity index (χ3v) is 6.83. The minimum absolute atomic E-state index is 0.169. The molecule has 0 saturated carbocycles. The Morgan fingerprint density at radius 3 is 2.39 bits per heavy atom. The summed E-state index contributed by atoms with van der Waals surface area (Å²) in [6.07, 6.45) is 0. The van der Waals surface area contributed by atoms with E-state index >= 15 is 0 Å². The number of hydrogen-bond donors (Lipinski definition) is 1. The molecule has 4 heterocycles. The summed E-state index contributed by atoms with van der Waals surface area (Å²) in [5.74, 6) is 1.32. The largest absolute Gasteiger partial charge is 0.377 e. The van der Waals surface area contributed by atoms with E-state index in [9.17, 15) is 4.39 Å². The average molecular weight is 495 g/mol. The van der Waals surface area contributed by atoms with E-state index in [1.54, 1.807) is 6.07 Å². The van der Waals surface area contributed by atoms with Gasteiger partial charge < -0.3 is 24.6 Å². The van der Waals surface area contributed by atoms with E-state index < -0.39 is 0 Å². The van der Waals surface area contributed by atoms with Crippen LogP contribution < -0.4 is 15.1 Å². The van der Waals surface area contributed by atoms with Crippen LogP contribution in [0.25, 0.3) is 22.3 Å². The molecule has 0 aliphatic carbocycles. The third-order valence-electron chi connectivity index (χ3n) is 6.83. The summed E-state index contributed by atoms with van der Waals surface area (Å²) in [4.78, 5) is 19.4. The van der Waals surface area contributed by atoms with Crippen molar-refractivity contribution in [3.8, 4) is 11.3 Å². The maximum atomic E-state index is 14.5. The maximum absolute atomic E-state index is 14.5. The second-order valence-electron chi connectivity index (χ2n) is 9.99. The molecule has 0 radical (unpaired) electrons. The summed E-state index contributed by atoms with van der Waals surface area (Å²) in [5.41, 5.74) is 2.88. The molecule has 2 atom stereocenters. The predicted octanol–water partition coefficient (Wildman–Crippen LogP) is 3.78. The lowest BCUT2D eigenvalue weighted by Gasteiger charge is -2.37. The zero-order valence-corrected chi connectivity index (χ0v) is 21.5. The standard InChI is InChI=1S/C27H35FN6O2/c1-17(2)29-14-21-13-20(5-7-23(21)28)24-8-6-22-25(30-24)31-27(34-10-12-36-16-19(34)4)32-26(22)33-9-11-35-15-18(33)3/h5-8,13,17-19,29H,9-12,14-16H2,1-4H3/t18-,19-/m0/s1. The highest BCUT2D eigenvalue weighted by Gasteiger charge is 2.27. The molecule has 0 spiro atoms. The van der Waals surface area contributed by atoms with Crippen molar-refractivity contribution in [1.29, 1.82) is 0 Å². The van der Waals surface area contributed by atoms with E-state index in [0.29, 0.717) is 50.1 Å². The molecule has 36 heavy (non-hydrogen) atoms. The molecule has 0 amide bonds. The number of rotatable bonds is 6. The van der Waals surface area contributed by atoms with Gasteiger partial charge in [0.15, 0.2) is 5.65 Å². The molecule has 2 fully saturated rings. The van der Waals surface area contributed by atoms with Crippen molar-refractivity contribution in [1.82, 2.24) is 20.3 Å². The van der Waals surface area contributed by atoms with E-state index in [0.717, 1.165) is 35.6 Å². The van der Waals surface area contributed by atoms with E-state index in [1.165, 1.54) is 6.07 Å². The van der Waals surface area contributed by atoms with Crippen LogP contribution >= 0.6 is 0 Å². The van der Waals surface area contributed by atoms with E-state index in [1.807, 2.05) is 32.0 Å². The lowest BCUT2D eigenvalue weighted by molar-refractivity contribution is 0.0973. The van der Waals surface area contributed by atoms with Gasteiger partial charge in [0.05, 0.1) is 49.6 Å². The van der Waals surface area contributed by atoms with Crippen molar-refractivity contribution in [3.05, 3.63) is 41.7 Å². The zero-order valence-electron chi connectivity index (χ0n) is 21.5. The smallest absolute Gasteiger partial charge is 0.229 e. The Bertz CT molecular complexity index is 1220. The molecule has 2 aliphatic rings. The van der Waals surface area contributed by atoms with Crippen molar-refractivity contribution in [2.75, 3.05) is 49.3 Å². The molecular weight excluding hydrogens is 459 g/mol. The van der Waals surface area contributed by atoms with Crippen LogP contribution in [0.3, 0.4) is 0 Å². The fraction of sp³-hybridized carbons (Fsp3) is 0.519. The molecule has 8 nitrogen and oxygen atoms in total. The lowest BCUT2D eigenvalue weighted by atomic mass is 10.1. The molecule has 1 N–H and O–H groups in total. The maximum Gasteiger partial charge on any atom is 0.229 e. The van der Waals surface area contributed by atoms with Crippen LogP contribution in [0.2, 0.25) is 0 Å². The van der Waals surface area contributed by atoms with Gasteiger partial charge in [-0.2, -0.15) is 9.97 Å². The molecule has 5 rings (SSSR count). The first-order valence-electron chi connectivity index (χ1n) is 12.8. The van der Waals surface area contributed by atoms with Crippen molar-refractivity contribution < 1.29 is 13.9 Å². The number of nitrogens with zero attached hydrogens (tertiary/aromatic N) is 5. The van der Waals surface area contributed by atoms with E-state index in [-0.39, 0.29) is 23.9 Å². The highest BCUT2D eigenvalue weighted by molar-refractivity contribution is 5.90. The van der Waals surface area contributed by atoms with E-state index in [4.69, 9.17) is 24.4 Å². The number of pyridine rings is 1. The second kappa shape index (κ2) is 10.6. The normalized spacial score (nSPS) is 20.9. The zero-order chi connectivity index (χ0) is 25.2. The van der Waals surface area contributed by atoms with Gasteiger partial charge in [-0.15, -0.1) is 0 Å². The van der Waals surface area contributed by atoms with Gasteiger partial charge in [0.2, 0.25) is 5.95 Å². The number of anilines is 2. The summed E-state index contributed by atoms with van der Waals surface area (Å²) in [7, 11) is 0. The first kappa shape index (κ1) is 24.8. The summed E-state index contributed by atoms with van der Waals surface area (Å²) < 4.78 is 25.8. The summed E-state index contributed by atoms with van der Waals surface area (Å²) in [6, 6.07) is 9.81. The predicted molar refractivity (Wildman–Crippen MR) is 140 cm³/mol. The highest BCUT2D eigenvalue weighted by atomic mass is 19.1. The van der Waals surface area contributed by atoms with Crippen LogP contribution in [0.15, 0.2) is 30.3 Å². The SMILES string of the molecule is CC(C)NCc1cc(-c2ccc3c(N4CCOC[C@@H]4C)nc(N4CCOC[C@@H]4C)nc3n2)ccc1F. The van der Waals surface area contributed by atoms with Gasteiger partial charge in [0.1, 0.15) is 11.6 Å². The molecule has 1 aromatic carbocycles. The lowest BCUT2D eigenvalue weighted by Crippen LogP contribution is -2.46. The first-order valence-corrected chi connectivity index (χ1v) is 12.8. The average Bonchev–Trinajstić information content (AvgIpc) is 2.88. The van der Waals surface area contributed by atoms with Gasteiger partial charge in [0, 0.05) is 36.8 Å². The van der Waals surface area contributed by atoms with Gasteiger partial charge in [-0.05, 0) is 44.2 Å². The molecule has 9 heteroatoms. The molecule has 3 aromatic rings. The van der Waals surface area contributed by atoms with Crippen molar-refractivity contribution in [2.24, 2.45) is 0 Å². The number of ether oxygens (including phenoxy) is 2. The van der Waals surface area contributed by atoms with Gasteiger partial charge >= 0.3 is 0 Å². The highest BCUT2D eigenvalue weighted by Crippen LogP contribution is 2.31. The van der Waals surface area contributed by atoms with Crippen LogP contribution in [-0.2, 0) is 16.0 Å². The monoisotopic (exact) mass is 494 g/mol. The topological polar surface area (TPSA) is 75.6 Å². The van der Waals surface area contributed by atoms with Gasteiger partial charge in [0.25, 0.3) is 0 Å². The summed E-state index contributed by atoms with van der Waals surface area (Å²) in [5, 5.41) is 4.20. The van der Waals surface area contributed by atoms with Crippen LogP contribution in [-0.4, -0.2) is 72.6 Å². The van der Waals surface area contributed by atoms with Gasteiger partial charge in [-0.25, -0.2) is 9.37 Å². The summed E-state index contributed by atoms with van der Waals surface area (Å²) >= 11 is 0. The fourth-order valence-corrected chi connectivity index (χ4v) is 4.74. The number of aromatic nitrogens is 3. The molecule has 0 bridgehead atoms. The van der Waals surface area contributed by atoms with Crippen LogP contribution in [0.1, 0.15) is 33.3 Å². The second-order valence-corrected chi connectivity index (χ2v) is 9.99. The van der Waals surface area contributed by atoms with Crippen LogP contribution in [0, 0.1) is 5.82 Å². The van der Waals surface area contributed by atoms with Crippen molar-refractivity contribution in [3.63, 3.8) is 0 Å². The number of benzene rings is 1. The van der Waals surface area contributed by atoms with Gasteiger partial charge in [-0.1, -0.05) is 13.8 Å². The fourth-order valence-electron chi connectivity index (χ4n) is 4.74. The first-order chi connectivity index (χ1) is 17.4. The molecule has 2 aromatic heterocycles. The molecule has 0 unspecified atom stereocenters. The number of nitrogens with one attached hydrogen (secondary N) is 1. The molecule has 2 aliphatic heterocycles. The molecular formula is C27H35FN6O2.